The lowest BCUT2D eigenvalue weighted by molar-refractivity contribution is 0.268. The highest BCUT2D eigenvalue weighted by atomic mass is 35.5. The molecule has 2 unspecified atom stereocenters. The Morgan fingerprint density at radius 2 is 1.00 bits per heavy atom. The molecule has 0 spiro atoms. The van der Waals surface area contributed by atoms with E-state index in [2.05, 4.69) is 47.3 Å². The van der Waals surface area contributed by atoms with E-state index in [9.17, 15) is 0 Å². The fourth-order valence-corrected chi connectivity index (χ4v) is 7.90. The van der Waals surface area contributed by atoms with Crippen LogP contribution < -0.4 is 5.73 Å². The van der Waals surface area contributed by atoms with E-state index < -0.39 is 8.07 Å². The fraction of sp³-hybridized carbons (Fsp3) is 1.00. The van der Waals surface area contributed by atoms with Gasteiger partial charge in [-0.3, -0.25) is 0 Å². The summed E-state index contributed by atoms with van der Waals surface area (Å²) in [4.78, 5) is 0. The third-order valence-corrected chi connectivity index (χ3v) is 9.69. The molecular weight excluding hydrogens is 390 g/mol. The van der Waals surface area contributed by atoms with Crippen molar-refractivity contribution in [2.45, 2.75) is 161 Å². The highest BCUT2D eigenvalue weighted by Gasteiger charge is 2.38. The quantitative estimate of drug-likeness (QED) is 0.154. The minimum Gasteiger partial charge on any atom is -0.325 e. The zero-order valence-corrected chi connectivity index (χ0v) is 23.3. The van der Waals surface area contributed by atoms with E-state index >= 15 is 0 Å². The van der Waals surface area contributed by atoms with Gasteiger partial charge in [-0.05, 0) is 31.7 Å². The molecule has 0 heterocycles. The molecule has 0 aromatic heterocycles. The number of nitrogens with two attached hydrogens (primary N) is 1. The van der Waals surface area contributed by atoms with Crippen molar-refractivity contribution in [3.05, 3.63) is 0 Å². The molecule has 2 N–H and O–H groups in total. The third kappa shape index (κ3) is 16.8. The van der Waals surface area contributed by atoms with Gasteiger partial charge in [0.05, 0.1) is 0 Å². The van der Waals surface area contributed by atoms with Crippen LogP contribution >= 0.6 is 12.4 Å². The SMILES string of the molecule is CCCCCCCCCCCCCCCC(C(CCC)C(C)(C)N)[Si](C)(C)C.Cl. The van der Waals surface area contributed by atoms with Crippen LogP contribution in [0.4, 0.5) is 0 Å². The summed E-state index contributed by atoms with van der Waals surface area (Å²) in [5.41, 5.74) is 7.47. The first-order valence-corrected chi connectivity index (χ1v) is 16.5. The van der Waals surface area contributed by atoms with Gasteiger partial charge >= 0.3 is 0 Å². The summed E-state index contributed by atoms with van der Waals surface area (Å²) in [7, 11) is -1.18. The van der Waals surface area contributed by atoms with E-state index in [-0.39, 0.29) is 17.9 Å². The maximum Gasteiger partial charge on any atom is 0.0477 e. The molecule has 0 aliphatic rings. The molecule has 0 aromatic carbocycles. The van der Waals surface area contributed by atoms with Crippen LogP contribution in [0.5, 0.6) is 0 Å². The van der Waals surface area contributed by atoms with E-state index in [0.717, 1.165) is 5.54 Å². The molecule has 0 aromatic rings. The van der Waals surface area contributed by atoms with Crippen LogP contribution in [0.25, 0.3) is 0 Å². The normalized spacial score (nSPS) is 14.5. The predicted molar refractivity (Wildman–Crippen MR) is 141 cm³/mol. The Balaban J connectivity index is 0. The third-order valence-electron chi connectivity index (χ3n) is 6.77. The van der Waals surface area contributed by atoms with Crippen molar-refractivity contribution in [2.75, 3.05) is 0 Å². The molecule has 29 heavy (non-hydrogen) atoms. The van der Waals surface area contributed by atoms with Crippen molar-refractivity contribution >= 4 is 20.5 Å². The van der Waals surface area contributed by atoms with Gasteiger partial charge in [0, 0.05) is 13.6 Å². The molecule has 0 saturated carbocycles. The van der Waals surface area contributed by atoms with Gasteiger partial charge in [-0.15, -0.1) is 12.4 Å². The van der Waals surface area contributed by atoms with E-state index in [0.29, 0.717) is 5.92 Å². The maximum absolute atomic E-state index is 6.63. The van der Waals surface area contributed by atoms with Gasteiger partial charge in [0.25, 0.3) is 0 Å². The summed E-state index contributed by atoms with van der Waals surface area (Å²) in [6.45, 7) is 16.9. The molecule has 0 radical (unpaired) electrons. The van der Waals surface area contributed by atoms with Crippen LogP contribution in [0.15, 0.2) is 0 Å². The van der Waals surface area contributed by atoms with Crippen LogP contribution in [-0.4, -0.2) is 13.6 Å². The smallest absolute Gasteiger partial charge is 0.0477 e. The minimum atomic E-state index is -1.18. The van der Waals surface area contributed by atoms with Gasteiger partial charge in [0.1, 0.15) is 0 Å². The molecule has 3 heteroatoms. The largest absolute Gasteiger partial charge is 0.325 e. The fourth-order valence-electron chi connectivity index (χ4n) is 5.02. The molecule has 0 rings (SSSR count). The molecule has 0 bridgehead atoms. The van der Waals surface area contributed by atoms with Crippen molar-refractivity contribution in [2.24, 2.45) is 11.7 Å². The first-order chi connectivity index (χ1) is 13.1. The summed E-state index contributed by atoms with van der Waals surface area (Å²) in [5.74, 6) is 0.696. The van der Waals surface area contributed by atoms with Crippen LogP contribution in [0, 0.1) is 5.92 Å². The molecule has 0 aliphatic heterocycles. The minimum absolute atomic E-state index is 0. The Morgan fingerprint density at radius 1 is 0.621 bits per heavy atom. The summed E-state index contributed by atoms with van der Waals surface area (Å²) in [6, 6.07) is 0. The van der Waals surface area contributed by atoms with Crippen molar-refractivity contribution in [3.63, 3.8) is 0 Å². The number of unbranched alkanes of at least 4 members (excludes halogenated alkanes) is 12. The van der Waals surface area contributed by atoms with Crippen LogP contribution in [-0.2, 0) is 0 Å². The van der Waals surface area contributed by atoms with E-state index in [1.807, 2.05) is 0 Å². The van der Waals surface area contributed by atoms with Crippen LogP contribution in [0.3, 0.4) is 0 Å². The monoisotopic (exact) mass is 447 g/mol. The molecule has 2 atom stereocenters. The van der Waals surface area contributed by atoms with Crippen molar-refractivity contribution in [1.29, 1.82) is 0 Å². The average Bonchev–Trinajstić information content (AvgIpc) is 2.59. The van der Waals surface area contributed by atoms with E-state index in [4.69, 9.17) is 5.73 Å². The Hall–Kier alpha value is 0.467. The van der Waals surface area contributed by atoms with Crippen LogP contribution in [0.1, 0.15) is 130 Å². The lowest BCUT2D eigenvalue weighted by atomic mass is 9.80. The van der Waals surface area contributed by atoms with Gasteiger partial charge in [-0.1, -0.05) is 130 Å². The maximum atomic E-state index is 6.63. The first kappa shape index (κ1) is 31.7. The molecule has 0 amide bonds. The van der Waals surface area contributed by atoms with Crippen molar-refractivity contribution in [1.82, 2.24) is 0 Å². The average molecular weight is 448 g/mol. The van der Waals surface area contributed by atoms with Crippen LogP contribution in [0.2, 0.25) is 25.2 Å². The van der Waals surface area contributed by atoms with Gasteiger partial charge in [0.2, 0.25) is 0 Å². The van der Waals surface area contributed by atoms with Crippen molar-refractivity contribution < 1.29 is 0 Å². The lowest BCUT2D eigenvalue weighted by Crippen LogP contribution is -2.48. The topological polar surface area (TPSA) is 26.0 Å². The van der Waals surface area contributed by atoms with E-state index in [1.54, 1.807) is 0 Å². The highest BCUT2D eigenvalue weighted by Crippen LogP contribution is 2.42. The second-order valence-electron chi connectivity index (χ2n) is 11.2. The highest BCUT2D eigenvalue weighted by molar-refractivity contribution is 6.77. The van der Waals surface area contributed by atoms with Crippen molar-refractivity contribution in [3.8, 4) is 0 Å². The summed E-state index contributed by atoms with van der Waals surface area (Å²) in [5, 5.41) is 0. The Morgan fingerprint density at radius 3 is 1.31 bits per heavy atom. The Bertz CT molecular complexity index is 346. The standard InChI is InChI=1S/C26H57NSi.ClH/c1-8-10-11-12-13-14-15-16-17-18-19-20-21-23-25(28(5,6)7)24(22-9-2)26(3,4)27;/h24-25H,8-23,27H2,1-7H3;1H. The second kappa shape index (κ2) is 18.1. The molecule has 1 nitrogen and oxygen atoms in total. The molecule has 0 aliphatic carbocycles. The molecule has 0 saturated heterocycles. The van der Waals surface area contributed by atoms with E-state index in [1.165, 1.54) is 103 Å². The van der Waals surface area contributed by atoms with Gasteiger partial charge < -0.3 is 5.73 Å². The summed E-state index contributed by atoms with van der Waals surface area (Å²) >= 11 is 0. The molecule has 178 valence electrons. The van der Waals surface area contributed by atoms with Gasteiger partial charge in [0.15, 0.2) is 0 Å². The zero-order valence-electron chi connectivity index (χ0n) is 21.5. The second-order valence-corrected chi connectivity index (χ2v) is 16.7. The summed E-state index contributed by atoms with van der Waals surface area (Å²) < 4.78 is 0. The lowest BCUT2D eigenvalue weighted by Gasteiger charge is -2.43. The zero-order chi connectivity index (χ0) is 21.5. The number of rotatable bonds is 19. The van der Waals surface area contributed by atoms with Gasteiger partial charge in [-0.25, -0.2) is 0 Å². The molecular formula is C26H58ClNSi. The number of hydrogen-bond acceptors (Lipinski definition) is 1. The Kier molecular flexibility index (Phi) is 19.7. The number of hydrogen-bond donors (Lipinski definition) is 1. The van der Waals surface area contributed by atoms with Gasteiger partial charge in [-0.2, -0.15) is 0 Å². The number of halogens is 1. The Labute approximate surface area is 193 Å². The first-order valence-electron chi connectivity index (χ1n) is 12.9. The molecule has 0 fully saturated rings. The summed E-state index contributed by atoms with van der Waals surface area (Å²) in [6.07, 6.45) is 22.8. The predicted octanol–water partition coefficient (Wildman–Crippen LogP) is 9.75.